The van der Waals surface area contributed by atoms with E-state index in [0.29, 0.717) is 0 Å². The Labute approximate surface area is 121 Å². The zero-order valence-corrected chi connectivity index (χ0v) is 12.4. The molecule has 0 fully saturated rings. The van der Waals surface area contributed by atoms with Crippen LogP contribution in [0.3, 0.4) is 0 Å². The van der Waals surface area contributed by atoms with Crippen LogP contribution in [0.15, 0.2) is 45.3 Å². The Morgan fingerprint density at radius 1 is 0.778 bits per heavy atom. The molecule has 0 radical (unpaired) electrons. The van der Waals surface area contributed by atoms with Crippen LogP contribution in [-0.2, 0) is 0 Å². The van der Waals surface area contributed by atoms with Crippen molar-refractivity contribution in [2.45, 2.75) is 12.2 Å². The Kier molecular flexibility index (Phi) is 2.26. The first-order valence-corrected chi connectivity index (χ1v) is 7.23. The van der Waals surface area contributed by atoms with Gasteiger partial charge in [0.2, 0.25) is 0 Å². The van der Waals surface area contributed by atoms with Crippen molar-refractivity contribution >= 4 is 31.9 Å². The van der Waals surface area contributed by atoms with E-state index in [1.54, 1.807) is 0 Å². The highest BCUT2D eigenvalue weighted by Crippen LogP contribution is 2.51. The van der Waals surface area contributed by atoms with Crippen molar-refractivity contribution in [2.75, 3.05) is 0 Å². The van der Waals surface area contributed by atoms with Crippen molar-refractivity contribution in [3.63, 3.8) is 0 Å². The lowest BCUT2D eigenvalue weighted by Crippen LogP contribution is -2.19. The Balaban J connectivity index is 1.88. The van der Waals surface area contributed by atoms with Gasteiger partial charge < -0.3 is 9.47 Å². The lowest BCUT2D eigenvalue weighted by Gasteiger charge is -2.08. The average Bonchev–Trinajstić information content (AvgIpc) is 2.82. The summed E-state index contributed by atoms with van der Waals surface area (Å²) in [5, 5.41) is 0. The fraction of sp³-hybridized carbons (Fsp3) is 0.143. The van der Waals surface area contributed by atoms with Crippen LogP contribution in [0.4, 0.5) is 0 Å². The number of rotatable bonds is 0. The second-order valence-corrected chi connectivity index (χ2v) is 6.28. The monoisotopic (exact) mass is 366 g/mol. The van der Waals surface area contributed by atoms with Crippen molar-refractivity contribution < 1.29 is 9.47 Å². The van der Waals surface area contributed by atoms with Crippen LogP contribution in [0.25, 0.3) is 0 Å². The predicted octanol–water partition coefficient (Wildman–Crippen LogP) is 4.45. The van der Waals surface area contributed by atoms with Gasteiger partial charge in [-0.25, -0.2) is 0 Å². The van der Waals surface area contributed by atoms with E-state index in [4.69, 9.17) is 9.47 Å². The van der Waals surface area contributed by atoms with Gasteiger partial charge in [0.05, 0.1) is 5.92 Å². The van der Waals surface area contributed by atoms with Crippen LogP contribution < -0.4 is 9.47 Å². The molecule has 0 atom stereocenters. The summed E-state index contributed by atoms with van der Waals surface area (Å²) in [6.07, 6.45) is -0.224. The minimum atomic E-state index is -0.224. The summed E-state index contributed by atoms with van der Waals surface area (Å²) in [4.78, 5) is 0. The van der Waals surface area contributed by atoms with Gasteiger partial charge in [0.25, 0.3) is 6.29 Å². The molecule has 0 spiro atoms. The molecule has 2 aliphatic heterocycles. The largest absolute Gasteiger partial charge is 0.454 e. The second kappa shape index (κ2) is 3.75. The summed E-state index contributed by atoms with van der Waals surface area (Å²) in [7, 11) is 0. The molecule has 2 heterocycles. The maximum absolute atomic E-state index is 5.87. The Hall–Kier alpha value is -1.000. The minimum absolute atomic E-state index is 0.191. The fourth-order valence-corrected chi connectivity index (χ4v) is 3.29. The first-order valence-electron chi connectivity index (χ1n) is 5.64. The van der Waals surface area contributed by atoms with E-state index >= 15 is 0 Å². The molecule has 2 aromatic rings. The normalized spacial score (nSPS) is 22.8. The van der Waals surface area contributed by atoms with Crippen molar-refractivity contribution in [3.05, 3.63) is 56.5 Å². The van der Waals surface area contributed by atoms with E-state index in [-0.39, 0.29) is 12.2 Å². The summed E-state index contributed by atoms with van der Waals surface area (Å²) in [5.41, 5.74) is 2.40. The summed E-state index contributed by atoms with van der Waals surface area (Å²) in [6.45, 7) is 0. The highest BCUT2D eigenvalue weighted by atomic mass is 79.9. The molecule has 90 valence electrons. The number of hydrogen-bond acceptors (Lipinski definition) is 2. The van der Waals surface area contributed by atoms with E-state index in [9.17, 15) is 0 Å². The molecule has 0 unspecified atom stereocenters. The topological polar surface area (TPSA) is 18.5 Å². The van der Waals surface area contributed by atoms with E-state index in [1.807, 2.05) is 24.3 Å². The van der Waals surface area contributed by atoms with Gasteiger partial charge in [-0.15, -0.1) is 0 Å². The molecular weight excluding hydrogens is 360 g/mol. The van der Waals surface area contributed by atoms with Gasteiger partial charge in [-0.3, -0.25) is 0 Å². The van der Waals surface area contributed by atoms with Gasteiger partial charge >= 0.3 is 0 Å². The molecule has 4 heteroatoms. The average molecular weight is 368 g/mol. The summed E-state index contributed by atoms with van der Waals surface area (Å²) in [6, 6.07) is 12.3. The van der Waals surface area contributed by atoms with Gasteiger partial charge in [-0.1, -0.05) is 44.0 Å². The lowest BCUT2D eigenvalue weighted by molar-refractivity contribution is 0.0329. The second-order valence-electron chi connectivity index (χ2n) is 4.45. The molecule has 2 nitrogen and oxygen atoms in total. The third-order valence-corrected chi connectivity index (χ3v) is 4.37. The highest BCUT2D eigenvalue weighted by molar-refractivity contribution is 9.10. The van der Waals surface area contributed by atoms with E-state index in [2.05, 4.69) is 44.0 Å². The standard InChI is InChI=1S/C14H8Br2O2/c15-7-1-3-9-11(5-7)17-14-13(9)10-4-2-8(16)6-12(10)18-14/h1-6,13-14H. The molecule has 0 saturated carbocycles. The van der Waals surface area contributed by atoms with Gasteiger partial charge in [0.15, 0.2) is 0 Å². The molecule has 0 N–H and O–H groups in total. The van der Waals surface area contributed by atoms with Crippen LogP contribution in [0, 0.1) is 0 Å². The summed E-state index contributed by atoms with van der Waals surface area (Å²) >= 11 is 6.92. The first kappa shape index (κ1) is 10.9. The SMILES string of the molecule is Brc1ccc2c(c1)OC1Oc3cc(Br)ccc3C21. The number of ether oxygens (including phenoxy) is 2. The number of benzene rings is 2. The van der Waals surface area contributed by atoms with Gasteiger partial charge in [0, 0.05) is 20.1 Å². The molecule has 2 aromatic carbocycles. The zero-order valence-electron chi connectivity index (χ0n) is 9.19. The Morgan fingerprint density at radius 2 is 1.28 bits per heavy atom. The Bertz CT molecular complexity index is 599. The number of fused-ring (bicyclic) bond motifs is 5. The first-order chi connectivity index (χ1) is 8.72. The maximum atomic E-state index is 5.87. The molecule has 0 saturated heterocycles. The maximum Gasteiger partial charge on any atom is 0.252 e. The molecule has 0 aliphatic carbocycles. The number of halogens is 2. The number of hydrogen-bond donors (Lipinski definition) is 0. The zero-order chi connectivity index (χ0) is 12.3. The third-order valence-electron chi connectivity index (χ3n) is 3.38. The molecule has 18 heavy (non-hydrogen) atoms. The Morgan fingerprint density at radius 3 is 1.78 bits per heavy atom. The van der Waals surface area contributed by atoms with Crippen molar-refractivity contribution in [1.29, 1.82) is 0 Å². The summed E-state index contributed by atoms with van der Waals surface area (Å²) in [5.74, 6) is 2.01. The van der Waals surface area contributed by atoms with Crippen LogP contribution in [-0.4, -0.2) is 6.29 Å². The molecule has 0 aromatic heterocycles. The van der Waals surface area contributed by atoms with Gasteiger partial charge in [-0.05, 0) is 24.3 Å². The molecule has 2 aliphatic rings. The third kappa shape index (κ3) is 1.45. The van der Waals surface area contributed by atoms with Crippen LogP contribution in [0.1, 0.15) is 17.0 Å². The van der Waals surface area contributed by atoms with Crippen molar-refractivity contribution in [1.82, 2.24) is 0 Å². The van der Waals surface area contributed by atoms with Crippen LogP contribution in [0.2, 0.25) is 0 Å². The quantitative estimate of drug-likeness (QED) is 0.684. The molecule has 0 amide bonds. The smallest absolute Gasteiger partial charge is 0.252 e. The van der Waals surface area contributed by atoms with E-state index in [1.165, 1.54) is 11.1 Å². The van der Waals surface area contributed by atoms with Crippen molar-refractivity contribution in [2.24, 2.45) is 0 Å². The van der Waals surface area contributed by atoms with E-state index < -0.39 is 0 Å². The van der Waals surface area contributed by atoms with Crippen LogP contribution in [0.5, 0.6) is 11.5 Å². The van der Waals surface area contributed by atoms with Gasteiger partial charge in [-0.2, -0.15) is 0 Å². The highest BCUT2D eigenvalue weighted by Gasteiger charge is 2.43. The van der Waals surface area contributed by atoms with E-state index in [0.717, 1.165) is 20.4 Å². The lowest BCUT2D eigenvalue weighted by atomic mass is 9.93. The molecule has 0 bridgehead atoms. The van der Waals surface area contributed by atoms with Crippen molar-refractivity contribution in [3.8, 4) is 11.5 Å². The molecular formula is C14H8Br2O2. The predicted molar refractivity (Wildman–Crippen MR) is 75.2 cm³/mol. The fourth-order valence-electron chi connectivity index (χ4n) is 2.61. The minimum Gasteiger partial charge on any atom is -0.454 e. The summed E-state index contributed by atoms with van der Waals surface area (Å²) < 4.78 is 13.8. The molecule has 4 rings (SSSR count). The van der Waals surface area contributed by atoms with Gasteiger partial charge in [0.1, 0.15) is 11.5 Å². The van der Waals surface area contributed by atoms with Crippen LogP contribution >= 0.6 is 31.9 Å².